The van der Waals surface area contributed by atoms with Crippen molar-refractivity contribution in [2.45, 2.75) is 4.90 Å². The fourth-order valence-electron chi connectivity index (χ4n) is 2.31. The Morgan fingerprint density at radius 1 is 0.962 bits per heavy atom. The Kier molecular flexibility index (Phi) is 6.68. The first-order valence-electron chi connectivity index (χ1n) is 6.93. The third kappa shape index (κ3) is 4.37. The molecule has 0 saturated carbocycles. The molecule has 0 unspecified atom stereocenters. The zero-order chi connectivity index (χ0) is 18.2. The summed E-state index contributed by atoms with van der Waals surface area (Å²) in [6, 6.07) is 12.4. The van der Waals surface area contributed by atoms with Crippen LogP contribution in [0.5, 0.6) is 0 Å². The Bertz CT molecular complexity index is 1130. The fraction of sp³-hybridized carbons (Fsp3) is 0. The van der Waals surface area contributed by atoms with Crippen molar-refractivity contribution in [3.63, 3.8) is 0 Å². The van der Waals surface area contributed by atoms with E-state index in [1.54, 1.807) is 36.4 Å². The molecule has 0 bridgehead atoms. The second-order valence-corrected chi connectivity index (χ2v) is 7.33. The van der Waals surface area contributed by atoms with Gasteiger partial charge in [-0.05, 0) is 24.3 Å². The first-order chi connectivity index (χ1) is 11.8. The third-order valence-electron chi connectivity index (χ3n) is 3.48. The summed E-state index contributed by atoms with van der Waals surface area (Å²) in [6.07, 6.45) is 0. The zero-order valence-corrected chi connectivity index (χ0v) is 17.8. The molecule has 0 aromatic heterocycles. The summed E-state index contributed by atoms with van der Waals surface area (Å²) in [5.41, 5.74) is 6.84. The normalized spacial score (nSPS) is 11.7. The van der Waals surface area contributed by atoms with Crippen LogP contribution in [0.3, 0.4) is 0 Å². The molecule has 3 aromatic carbocycles. The Hall–Kier alpha value is -1.19. The van der Waals surface area contributed by atoms with Crippen molar-refractivity contribution in [1.29, 1.82) is 0 Å². The maximum Gasteiger partial charge on any atom is 1.00 e. The molecule has 0 spiro atoms. The molecular weight excluding hydrogens is 408 g/mol. The number of benzene rings is 3. The fourth-order valence-corrected chi connectivity index (χ4v) is 3.31. The van der Waals surface area contributed by atoms with Crippen LogP contribution in [-0.4, -0.2) is 13.0 Å². The van der Waals surface area contributed by atoms with E-state index in [1.807, 2.05) is 0 Å². The summed E-state index contributed by atoms with van der Waals surface area (Å²) in [7, 11) is -4.46. The van der Waals surface area contributed by atoms with Crippen LogP contribution in [0.25, 0.3) is 10.8 Å². The van der Waals surface area contributed by atoms with E-state index in [0.29, 0.717) is 26.5 Å². The van der Waals surface area contributed by atoms with Crippen LogP contribution in [-0.2, 0) is 10.1 Å². The predicted molar refractivity (Wildman–Crippen MR) is 99.9 cm³/mol. The largest absolute Gasteiger partial charge is 1.00 e. The summed E-state index contributed by atoms with van der Waals surface area (Å²) in [6.45, 7) is 0. The van der Waals surface area contributed by atoms with E-state index < -0.39 is 10.1 Å². The first-order valence-corrected chi connectivity index (χ1v) is 9.12. The van der Waals surface area contributed by atoms with Crippen LogP contribution in [0, 0.1) is 0 Å². The van der Waals surface area contributed by atoms with Gasteiger partial charge in [0.05, 0.1) is 21.4 Å². The van der Waals surface area contributed by atoms with E-state index in [4.69, 9.17) is 28.9 Å². The van der Waals surface area contributed by atoms with Gasteiger partial charge >= 0.3 is 29.6 Å². The molecule has 10 heteroatoms. The molecule has 130 valence electrons. The van der Waals surface area contributed by atoms with Gasteiger partial charge in [-0.25, -0.2) is 0 Å². The minimum Gasteiger partial charge on any atom is -1.00 e. The molecule has 0 aliphatic heterocycles. The van der Waals surface area contributed by atoms with E-state index >= 15 is 0 Å². The van der Waals surface area contributed by atoms with E-state index in [-0.39, 0.29) is 47.3 Å². The van der Waals surface area contributed by atoms with Crippen LogP contribution in [0.1, 0.15) is 1.43 Å². The molecule has 0 amide bonds. The van der Waals surface area contributed by atoms with Crippen LogP contribution >= 0.6 is 23.2 Å². The van der Waals surface area contributed by atoms with Crippen molar-refractivity contribution in [3.05, 3.63) is 58.6 Å². The molecule has 0 radical (unpaired) electrons. The number of nitrogens with zero attached hydrogens (tertiary/aromatic N) is 2. The molecule has 0 heterocycles. The molecule has 0 aliphatic rings. The molecular formula is C16H12Cl2N3NaO3S. The van der Waals surface area contributed by atoms with Gasteiger partial charge < -0.3 is 7.16 Å². The van der Waals surface area contributed by atoms with Gasteiger partial charge in [-0.1, -0.05) is 47.5 Å². The average Bonchev–Trinajstić information content (AvgIpc) is 2.56. The summed E-state index contributed by atoms with van der Waals surface area (Å²) in [5.74, 6) is 0. The van der Waals surface area contributed by atoms with Gasteiger partial charge in [0.2, 0.25) is 0 Å². The molecule has 0 aliphatic carbocycles. The average molecular weight is 420 g/mol. The minimum atomic E-state index is -4.46. The number of rotatable bonds is 3. The second kappa shape index (κ2) is 8.22. The monoisotopic (exact) mass is 419 g/mol. The van der Waals surface area contributed by atoms with E-state index in [1.165, 1.54) is 12.1 Å². The molecule has 3 aromatic rings. The van der Waals surface area contributed by atoms with Crippen molar-refractivity contribution in [2.75, 3.05) is 5.73 Å². The SMILES string of the molecule is Nc1c(N=Nc2ccc(Cl)c(Cl)c2)cc(S(=O)(=O)O)c2ccccc12.[H-].[Na+]. The van der Waals surface area contributed by atoms with Gasteiger partial charge in [-0.3, -0.25) is 4.55 Å². The van der Waals surface area contributed by atoms with Crippen LogP contribution < -0.4 is 35.3 Å². The third-order valence-corrected chi connectivity index (χ3v) is 5.11. The summed E-state index contributed by atoms with van der Waals surface area (Å²) in [5, 5.41) is 9.42. The molecule has 3 N–H and O–H groups in total. The van der Waals surface area contributed by atoms with Crippen molar-refractivity contribution in [1.82, 2.24) is 0 Å². The number of nitrogens with two attached hydrogens (primary N) is 1. The van der Waals surface area contributed by atoms with Gasteiger partial charge in [-0.2, -0.15) is 13.5 Å². The topological polar surface area (TPSA) is 105 Å². The zero-order valence-electron chi connectivity index (χ0n) is 14.5. The van der Waals surface area contributed by atoms with Crippen molar-refractivity contribution in [2.24, 2.45) is 10.2 Å². The Balaban J connectivity index is 0.00000182. The van der Waals surface area contributed by atoms with E-state index in [0.717, 1.165) is 0 Å². The maximum atomic E-state index is 11.7. The quantitative estimate of drug-likeness (QED) is 0.294. The van der Waals surface area contributed by atoms with Crippen LogP contribution in [0.15, 0.2) is 63.7 Å². The van der Waals surface area contributed by atoms with Crippen molar-refractivity contribution >= 4 is 61.2 Å². The van der Waals surface area contributed by atoms with Gasteiger partial charge in [0.1, 0.15) is 10.6 Å². The number of nitrogen functional groups attached to an aromatic ring is 1. The molecule has 0 atom stereocenters. The molecule has 26 heavy (non-hydrogen) atoms. The molecule has 0 saturated heterocycles. The number of hydrogen-bond acceptors (Lipinski definition) is 5. The van der Waals surface area contributed by atoms with Gasteiger partial charge in [-0.15, -0.1) is 5.11 Å². The first kappa shape index (κ1) is 21.1. The smallest absolute Gasteiger partial charge is 1.00 e. The Morgan fingerprint density at radius 3 is 2.23 bits per heavy atom. The summed E-state index contributed by atoms with van der Waals surface area (Å²) in [4.78, 5) is -0.291. The number of halogens is 2. The number of hydrogen-bond donors (Lipinski definition) is 2. The molecule has 0 fully saturated rings. The van der Waals surface area contributed by atoms with E-state index in [2.05, 4.69) is 10.2 Å². The van der Waals surface area contributed by atoms with Crippen LogP contribution in [0.2, 0.25) is 10.0 Å². The van der Waals surface area contributed by atoms with Gasteiger partial charge in [0.15, 0.2) is 0 Å². The Labute approximate surface area is 183 Å². The van der Waals surface area contributed by atoms with Gasteiger partial charge in [0, 0.05) is 10.8 Å². The maximum absolute atomic E-state index is 11.7. The van der Waals surface area contributed by atoms with Crippen LogP contribution in [0.4, 0.5) is 17.1 Å². The summed E-state index contributed by atoms with van der Waals surface area (Å²) >= 11 is 11.8. The number of anilines is 1. The predicted octanol–water partition coefficient (Wildman–Crippen LogP) is 2.51. The Morgan fingerprint density at radius 2 is 1.62 bits per heavy atom. The molecule has 3 rings (SSSR count). The summed E-state index contributed by atoms with van der Waals surface area (Å²) < 4.78 is 32.8. The van der Waals surface area contributed by atoms with Crippen molar-refractivity contribution < 1.29 is 44.0 Å². The standard InChI is InChI=1S/C16H11Cl2N3O3S.Na.H/c17-12-6-5-9(7-13(12)18)20-21-14-8-15(25(22,23)24)10-3-1-2-4-11(10)16(14)19;;/h1-8H,19H2,(H,22,23,24);;/q;+1;-1. The number of fused-ring (bicyclic) bond motifs is 1. The van der Waals surface area contributed by atoms with E-state index in [9.17, 15) is 13.0 Å². The second-order valence-electron chi connectivity index (χ2n) is 5.13. The molecule has 6 nitrogen and oxygen atoms in total. The number of azo groups is 1. The van der Waals surface area contributed by atoms with Gasteiger partial charge in [0.25, 0.3) is 10.1 Å². The minimum absolute atomic E-state index is 0. The van der Waals surface area contributed by atoms with Crippen molar-refractivity contribution in [3.8, 4) is 0 Å².